The molecule has 8 nitrogen and oxygen atoms in total. The number of aromatic nitrogens is 1. The summed E-state index contributed by atoms with van der Waals surface area (Å²) in [7, 11) is 5.25. The number of nitrogens with one attached hydrogen (secondary N) is 1. The molecule has 1 aromatic carbocycles. The summed E-state index contributed by atoms with van der Waals surface area (Å²) in [5.74, 6) is 2.34. The van der Waals surface area contributed by atoms with Gasteiger partial charge in [-0.1, -0.05) is 18.2 Å². The summed E-state index contributed by atoms with van der Waals surface area (Å²) in [5.41, 5.74) is 2.57. The second-order valence-electron chi connectivity index (χ2n) is 12.9. The molecule has 2 saturated carbocycles. The number of nitrogens with zero attached hydrogens (tertiary/aromatic N) is 2. The van der Waals surface area contributed by atoms with E-state index < -0.39 is 5.60 Å². The van der Waals surface area contributed by atoms with Gasteiger partial charge in [0.1, 0.15) is 11.7 Å². The smallest absolute Gasteiger partial charge is 0.252 e. The first-order valence-corrected chi connectivity index (χ1v) is 14.7. The number of rotatable bonds is 7. The molecule has 1 aromatic heterocycles. The van der Waals surface area contributed by atoms with Gasteiger partial charge in [0.25, 0.3) is 5.91 Å². The average Bonchev–Trinajstić information content (AvgIpc) is 3.70. The van der Waals surface area contributed by atoms with Gasteiger partial charge in [0, 0.05) is 55.1 Å². The topological polar surface area (TPSA) is 84.1 Å². The maximum atomic E-state index is 14.4. The van der Waals surface area contributed by atoms with Gasteiger partial charge in [-0.2, -0.15) is 0 Å². The van der Waals surface area contributed by atoms with Gasteiger partial charge in [-0.15, -0.1) is 0 Å². The fraction of sp³-hybridized carbons (Fsp3) is 0.562. The van der Waals surface area contributed by atoms with E-state index in [0.717, 1.165) is 56.2 Å². The third-order valence-corrected chi connectivity index (χ3v) is 11.2. The SMILES string of the molecule is COc1ccc2c3c1O[C@@H]1[C@]34CCN(CC3CC3)[C@H](C2)[C@@]42C=C(C(=O)N(C)Cc3cccc(=O)[nH]3)[C@]1(OC)CC2. The molecule has 2 aliphatic heterocycles. The summed E-state index contributed by atoms with van der Waals surface area (Å²) in [4.78, 5) is 33.6. The second kappa shape index (κ2) is 8.23. The van der Waals surface area contributed by atoms with Crippen LogP contribution in [0.1, 0.15) is 48.9 Å². The van der Waals surface area contributed by atoms with Crippen LogP contribution in [0.4, 0.5) is 0 Å². The van der Waals surface area contributed by atoms with Crippen molar-refractivity contribution in [3.63, 3.8) is 0 Å². The Bertz CT molecular complexity index is 1510. The Labute approximate surface area is 234 Å². The maximum Gasteiger partial charge on any atom is 0.252 e. The summed E-state index contributed by atoms with van der Waals surface area (Å²) < 4.78 is 19.3. The summed E-state index contributed by atoms with van der Waals surface area (Å²) >= 11 is 0. The normalized spacial score (nSPS) is 34.6. The molecule has 0 radical (unpaired) electrons. The predicted molar refractivity (Wildman–Crippen MR) is 149 cm³/mol. The van der Waals surface area contributed by atoms with E-state index in [9.17, 15) is 9.59 Å². The van der Waals surface area contributed by atoms with Crippen molar-refractivity contribution in [3.05, 3.63) is 69.2 Å². The van der Waals surface area contributed by atoms with Gasteiger partial charge in [-0.3, -0.25) is 14.5 Å². The highest BCUT2D eigenvalue weighted by Crippen LogP contribution is 2.75. The van der Waals surface area contributed by atoms with Crippen LogP contribution in [-0.4, -0.2) is 72.8 Å². The largest absolute Gasteiger partial charge is 0.493 e. The van der Waals surface area contributed by atoms with Crippen LogP contribution in [0.2, 0.25) is 0 Å². The molecule has 1 N–H and O–H groups in total. The number of piperidine rings is 1. The standard InChI is InChI=1S/C32H37N3O5/c1-34(18-21-5-4-6-25(36)33-21)28(37)22-16-30-11-12-32(22,39-3)29-31(30)13-14-35(17-19-7-8-19)24(30)15-20-9-10-23(38-2)27(40-29)26(20)31/h4-6,9-10,16,19,24,29H,7-8,11-15,17-18H2,1-3H3,(H,33,36)/t24-,29-,30-,31+,32-/m1/s1. The lowest BCUT2D eigenvalue weighted by molar-refractivity contribution is -0.198. The summed E-state index contributed by atoms with van der Waals surface area (Å²) in [6.07, 6.45) is 8.33. The van der Waals surface area contributed by atoms with Gasteiger partial charge in [0.05, 0.1) is 19.1 Å². The van der Waals surface area contributed by atoms with Crippen molar-refractivity contribution in [2.24, 2.45) is 11.3 Å². The van der Waals surface area contributed by atoms with Crippen molar-refractivity contribution < 1.29 is 19.0 Å². The first-order chi connectivity index (χ1) is 19.4. The van der Waals surface area contributed by atoms with Crippen LogP contribution in [0.15, 0.2) is 46.8 Å². The van der Waals surface area contributed by atoms with Gasteiger partial charge in [-0.25, -0.2) is 0 Å². The first-order valence-electron chi connectivity index (χ1n) is 14.7. The fourth-order valence-electron chi connectivity index (χ4n) is 9.36. The minimum atomic E-state index is -0.862. The molecular formula is C32H37N3O5. The van der Waals surface area contributed by atoms with Crippen LogP contribution in [0.25, 0.3) is 0 Å². The Hall–Kier alpha value is -3.10. The number of likely N-dealkylation sites (N-methyl/N-ethyl adjacent to an activating group) is 1. The van der Waals surface area contributed by atoms with E-state index in [-0.39, 0.29) is 28.4 Å². The Morgan fingerprint density at radius 2 is 2.02 bits per heavy atom. The summed E-state index contributed by atoms with van der Waals surface area (Å²) in [6.45, 7) is 2.49. The Morgan fingerprint density at radius 3 is 2.77 bits per heavy atom. The molecule has 4 bridgehead atoms. The van der Waals surface area contributed by atoms with Crippen LogP contribution in [0, 0.1) is 11.3 Å². The number of hydrogen-bond acceptors (Lipinski definition) is 6. The van der Waals surface area contributed by atoms with E-state index in [1.54, 1.807) is 32.2 Å². The zero-order valence-corrected chi connectivity index (χ0v) is 23.5. The number of aromatic amines is 1. The minimum absolute atomic E-state index is 0.0652. The molecule has 3 fully saturated rings. The molecule has 5 aliphatic carbocycles. The monoisotopic (exact) mass is 543 g/mol. The van der Waals surface area contributed by atoms with Gasteiger partial charge in [0.2, 0.25) is 5.56 Å². The Morgan fingerprint density at radius 1 is 1.18 bits per heavy atom. The van der Waals surface area contributed by atoms with E-state index in [0.29, 0.717) is 23.9 Å². The van der Waals surface area contributed by atoms with Crippen LogP contribution < -0.4 is 15.0 Å². The van der Waals surface area contributed by atoms with Crippen molar-refractivity contribution in [1.29, 1.82) is 0 Å². The van der Waals surface area contributed by atoms with Gasteiger partial charge < -0.3 is 24.1 Å². The number of carbonyl (C=O) groups excluding carboxylic acids is 1. The zero-order chi connectivity index (χ0) is 27.4. The lowest BCUT2D eigenvalue weighted by Gasteiger charge is -2.70. The number of H-pyrrole nitrogens is 1. The van der Waals surface area contributed by atoms with Crippen LogP contribution in [0.5, 0.6) is 11.5 Å². The maximum absolute atomic E-state index is 14.4. The summed E-state index contributed by atoms with van der Waals surface area (Å²) in [5, 5.41) is 0. The highest BCUT2D eigenvalue weighted by Gasteiger charge is 2.79. The molecule has 0 unspecified atom stereocenters. The molecule has 7 aliphatic rings. The molecule has 1 amide bonds. The highest BCUT2D eigenvalue weighted by atomic mass is 16.6. The molecule has 2 spiro atoms. The Balaban J connectivity index is 1.29. The first kappa shape index (κ1) is 24.7. The number of benzene rings is 1. The molecule has 40 heavy (non-hydrogen) atoms. The number of methoxy groups -OCH3 is 2. The molecule has 8 heteroatoms. The lowest BCUT2D eigenvalue weighted by Crippen LogP contribution is -2.78. The van der Waals surface area contributed by atoms with E-state index in [1.165, 1.54) is 30.0 Å². The summed E-state index contributed by atoms with van der Waals surface area (Å²) in [6, 6.07) is 9.67. The van der Waals surface area contributed by atoms with Crippen LogP contribution in [0.3, 0.4) is 0 Å². The van der Waals surface area contributed by atoms with Gasteiger partial charge in [-0.05, 0) is 68.7 Å². The average molecular weight is 544 g/mol. The van der Waals surface area contributed by atoms with E-state index in [2.05, 4.69) is 28.1 Å². The molecular weight excluding hydrogens is 506 g/mol. The van der Waals surface area contributed by atoms with Crippen molar-refractivity contribution in [2.75, 3.05) is 34.4 Å². The number of carbonyl (C=O) groups is 1. The fourth-order valence-corrected chi connectivity index (χ4v) is 9.36. The van der Waals surface area contributed by atoms with Crippen molar-refractivity contribution in [2.45, 2.75) is 68.2 Å². The quantitative estimate of drug-likeness (QED) is 0.578. The number of hydrogen-bond donors (Lipinski definition) is 1. The third-order valence-electron chi connectivity index (χ3n) is 11.2. The number of fused-ring (bicyclic) bond motifs is 1. The second-order valence-corrected chi connectivity index (χ2v) is 12.9. The number of likely N-dealkylation sites (tertiary alicyclic amines) is 1. The molecule has 5 atom stereocenters. The van der Waals surface area contributed by atoms with Crippen LogP contribution >= 0.6 is 0 Å². The van der Waals surface area contributed by atoms with Crippen molar-refractivity contribution in [1.82, 2.24) is 14.8 Å². The van der Waals surface area contributed by atoms with Crippen LogP contribution in [-0.2, 0) is 27.9 Å². The number of amides is 1. The van der Waals surface area contributed by atoms with E-state index in [4.69, 9.17) is 14.2 Å². The third kappa shape index (κ3) is 2.93. The van der Waals surface area contributed by atoms with Crippen molar-refractivity contribution in [3.8, 4) is 11.5 Å². The number of pyridine rings is 1. The number of ether oxygens (including phenoxy) is 3. The lowest BCUT2D eigenvalue weighted by atomic mass is 9.37. The molecule has 210 valence electrons. The molecule has 1 saturated heterocycles. The molecule has 9 rings (SSSR count). The predicted octanol–water partition coefficient (Wildman–Crippen LogP) is 3.19. The highest BCUT2D eigenvalue weighted by molar-refractivity contribution is 5.97. The minimum Gasteiger partial charge on any atom is -0.493 e. The Kier molecular flexibility index (Phi) is 5.08. The van der Waals surface area contributed by atoms with Gasteiger partial charge in [0.15, 0.2) is 11.5 Å². The van der Waals surface area contributed by atoms with Gasteiger partial charge >= 0.3 is 0 Å². The van der Waals surface area contributed by atoms with E-state index >= 15 is 0 Å². The molecule has 3 heterocycles. The molecule has 2 aromatic rings. The van der Waals surface area contributed by atoms with Crippen molar-refractivity contribution >= 4 is 5.91 Å². The van der Waals surface area contributed by atoms with E-state index in [1.807, 2.05) is 6.07 Å². The zero-order valence-electron chi connectivity index (χ0n) is 23.5.